The van der Waals surface area contributed by atoms with Crippen LogP contribution < -0.4 is 4.90 Å². The van der Waals surface area contributed by atoms with Gasteiger partial charge in [-0.05, 0) is 30.7 Å². The van der Waals surface area contributed by atoms with E-state index in [0.717, 1.165) is 24.9 Å². The van der Waals surface area contributed by atoms with Crippen molar-refractivity contribution in [1.29, 1.82) is 0 Å². The van der Waals surface area contributed by atoms with Crippen molar-refractivity contribution in [1.82, 2.24) is 4.98 Å². The molecule has 0 radical (unpaired) electrons. The Kier molecular flexibility index (Phi) is 2.46. The molecule has 2 fully saturated rings. The van der Waals surface area contributed by atoms with Gasteiger partial charge in [0.15, 0.2) is 0 Å². The molecule has 0 aromatic carbocycles. The highest BCUT2D eigenvalue weighted by Gasteiger charge is 2.38. The lowest BCUT2D eigenvalue weighted by Gasteiger charge is -2.17. The maximum Gasteiger partial charge on any atom is 0.311 e. The molecule has 0 bridgehead atoms. The number of rotatable bonds is 2. The molecule has 0 N–H and O–H groups in total. The standard InChI is InChI=1S/C12H15N3O2/c16-15(17)11-5-2-6-13-12(11)14-7-9-3-1-4-10(9)8-14/h2,5-6,9-10H,1,3-4,7-8H2. The van der Waals surface area contributed by atoms with E-state index in [4.69, 9.17) is 0 Å². The van der Waals surface area contributed by atoms with Gasteiger partial charge in [-0.1, -0.05) is 6.42 Å². The molecule has 17 heavy (non-hydrogen) atoms. The summed E-state index contributed by atoms with van der Waals surface area (Å²) in [5.41, 5.74) is 0.132. The molecule has 1 saturated heterocycles. The smallest absolute Gasteiger partial charge is 0.311 e. The summed E-state index contributed by atoms with van der Waals surface area (Å²) in [4.78, 5) is 16.9. The van der Waals surface area contributed by atoms with E-state index in [1.165, 1.54) is 25.3 Å². The molecule has 90 valence electrons. The van der Waals surface area contributed by atoms with Crippen LogP contribution in [0, 0.1) is 22.0 Å². The minimum atomic E-state index is -0.337. The van der Waals surface area contributed by atoms with Crippen molar-refractivity contribution in [3.8, 4) is 0 Å². The molecule has 5 nitrogen and oxygen atoms in total. The predicted molar refractivity (Wildman–Crippen MR) is 63.9 cm³/mol. The second-order valence-electron chi connectivity index (χ2n) is 4.96. The SMILES string of the molecule is O=[N+]([O-])c1cccnc1N1CC2CCCC2C1. The lowest BCUT2D eigenvalue weighted by Crippen LogP contribution is -2.22. The molecule has 1 aromatic heterocycles. The third kappa shape index (κ3) is 1.75. The number of aromatic nitrogens is 1. The summed E-state index contributed by atoms with van der Waals surface area (Å²) in [7, 11) is 0. The molecule has 1 aliphatic heterocycles. The minimum Gasteiger partial charge on any atom is -0.350 e. The molecule has 2 atom stereocenters. The Hall–Kier alpha value is -1.65. The van der Waals surface area contributed by atoms with Crippen LogP contribution in [-0.2, 0) is 0 Å². The zero-order valence-electron chi connectivity index (χ0n) is 9.58. The van der Waals surface area contributed by atoms with E-state index < -0.39 is 0 Å². The van der Waals surface area contributed by atoms with E-state index in [1.807, 2.05) is 0 Å². The summed E-state index contributed by atoms with van der Waals surface area (Å²) in [6.07, 6.45) is 5.48. The van der Waals surface area contributed by atoms with Gasteiger partial charge in [-0.2, -0.15) is 0 Å². The second-order valence-corrected chi connectivity index (χ2v) is 4.96. The van der Waals surface area contributed by atoms with Crippen LogP contribution in [0.5, 0.6) is 0 Å². The number of anilines is 1. The van der Waals surface area contributed by atoms with Gasteiger partial charge in [0.25, 0.3) is 0 Å². The quantitative estimate of drug-likeness (QED) is 0.580. The lowest BCUT2D eigenvalue weighted by molar-refractivity contribution is -0.384. The number of hydrogen-bond acceptors (Lipinski definition) is 4. The van der Waals surface area contributed by atoms with E-state index >= 15 is 0 Å². The number of nitrogens with zero attached hydrogens (tertiary/aromatic N) is 3. The van der Waals surface area contributed by atoms with Gasteiger partial charge in [0.2, 0.25) is 5.82 Å². The van der Waals surface area contributed by atoms with Gasteiger partial charge in [-0.25, -0.2) is 4.98 Å². The van der Waals surface area contributed by atoms with Crippen molar-refractivity contribution < 1.29 is 4.92 Å². The summed E-state index contributed by atoms with van der Waals surface area (Å²) in [5.74, 6) is 1.99. The topological polar surface area (TPSA) is 59.3 Å². The Bertz CT molecular complexity index is 437. The minimum absolute atomic E-state index is 0.132. The van der Waals surface area contributed by atoms with Gasteiger partial charge in [0, 0.05) is 25.4 Å². The molecule has 1 saturated carbocycles. The largest absolute Gasteiger partial charge is 0.350 e. The molecule has 2 unspecified atom stereocenters. The molecule has 1 aromatic rings. The van der Waals surface area contributed by atoms with E-state index in [-0.39, 0.29) is 10.6 Å². The van der Waals surface area contributed by atoms with Gasteiger partial charge < -0.3 is 4.90 Å². The predicted octanol–water partition coefficient (Wildman–Crippen LogP) is 2.23. The fourth-order valence-corrected chi connectivity index (χ4v) is 3.18. The van der Waals surface area contributed by atoms with Crippen molar-refractivity contribution >= 4 is 11.5 Å². The summed E-state index contributed by atoms with van der Waals surface area (Å²) >= 11 is 0. The maximum atomic E-state index is 11.0. The van der Waals surface area contributed by atoms with E-state index in [2.05, 4.69) is 9.88 Å². The van der Waals surface area contributed by atoms with Crippen LogP contribution in [0.2, 0.25) is 0 Å². The average Bonchev–Trinajstić information content (AvgIpc) is 2.88. The number of fused-ring (bicyclic) bond motifs is 1. The third-order valence-electron chi connectivity index (χ3n) is 3.99. The Morgan fingerprint density at radius 1 is 1.35 bits per heavy atom. The van der Waals surface area contributed by atoms with Crippen LogP contribution in [0.4, 0.5) is 11.5 Å². The first-order valence-electron chi connectivity index (χ1n) is 6.10. The van der Waals surface area contributed by atoms with Crippen molar-refractivity contribution in [2.45, 2.75) is 19.3 Å². The molecule has 0 spiro atoms. The molecular formula is C12H15N3O2. The van der Waals surface area contributed by atoms with Gasteiger partial charge >= 0.3 is 5.69 Å². The summed E-state index contributed by atoms with van der Waals surface area (Å²) in [5, 5.41) is 11.0. The van der Waals surface area contributed by atoms with Crippen LogP contribution in [0.25, 0.3) is 0 Å². The van der Waals surface area contributed by atoms with Crippen LogP contribution in [0.1, 0.15) is 19.3 Å². The number of pyridine rings is 1. The lowest BCUT2D eigenvalue weighted by atomic mass is 10.0. The Morgan fingerprint density at radius 2 is 2.06 bits per heavy atom. The molecule has 2 heterocycles. The molecule has 1 aliphatic carbocycles. The molecule has 2 aliphatic rings. The fourth-order valence-electron chi connectivity index (χ4n) is 3.18. The van der Waals surface area contributed by atoms with E-state index in [1.54, 1.807) is 12.3 Å². The van der Waals surface area contributed by atoms with Crippen molar-refractivity contribution in [2.24, 2.45) is 11.8 Å². The van der Waals surface area contributed by atoms with Gasteiger partial charge in [-0.3, -0.25) is 10.1 Å². The highest BCUT2D eigenvalue weighted by molar-refractivity contribution is 5.58. The number of nitro groups is 1. The summed E-state index contributed by atoms with van der Waals surface area (Å²) in [6.45, 7) is 1.87. The fraction of sp³-hybridized carbons (Fsp3) is 0.583. The van der Waals surface area contributed by atoms with E-state index in [9.17, 15) is 10.1 Å². The highest BCUT2D eigenvalue weighted by atomic mass is 16.6. The normalized spacial score (nSPS) is 27.2. The first kappa shape index (κ1) is 10.5. The average molecular weight is 233 g/mol. The first-order chi connectivity index (χ1) is 8.25. The molecular weight excluding hydrogens is 218 g/mol. The van der Waals surface area contributed by atoms with Gasteiger partial charge in [0.1, 0.15) is 0 Å². The van der Waals surface area contributed by atoms with Crippen molar-refractivity contribution in [2.75, 3.05) is 18.0 Å². The monoisotopic (exact) mass is 233 g/mol. The zero-order valence-corrected chi connectivity index (χ0v) is 9.58. The van der Waals surface area contributed by atoms with Crippen LogP contribution >= 0.6 is 0 Å². The van der Waals surface area contributed by atoms with Crippen LogP contribution in [0.3, 0.4) is 0 Å². The second kappa shape index (κ2) is 3.98. The Labute approximate surface area is 99.6 Å². The third-order valence-corrected chi connectivity index (χ3v) is 3.99. The van der Waals surface area contributed by atoms with E-state index in [0.29, 0.717) is 5.82 Å². The Morgan fingerprint density at radius 3 is 2.71 bits per heavy atom. The molecule has 0 amide bonds. The zero-order chi connectivity index (χ0) is 11.8. The summed E-state index contributed by atoms with van der Waals surface area (Å²) in [6, 6.07) is 3.16. The molecule has 5 heteroatoms. The van der Waals surface area contributed by atoms with Gasteiger partial charge in [0.05, 0.1) is 4.92 Å². The van der Waals surface area contributed by atoms with Crippen LogP contribution in [-0.4, -0.2) is 23.0 Å². The van der Waals surface area contributed by atoms with Crippen molar-refractivity contribution in [3.05, 3.63) is 28.4 Å². The van der Waals surface area contributed by atoms with Crippen molar-refractivity contribution in [3.63, 3.8) is 0 Å². The summed E-state index contributed by atoms with van der Waals surface area (Å²) < 4.78 is 0. The first-order valence-corrected chi connectivity index (χ1v) is 6.10. The highest BCUT2D eigenvalue weighted by Crippen LogP contribution is 2.40. The Balaban J connectivity index is 1.88. The van der Waals surface area contributed by atoms with Gasteiger partial charge in [-0.15, -0.1) is 0 Å². The molecule has 3 rings (SSSR count). The maximum absolute atomic E-state index is 11.0. The van der Waals surface area contributed by atoms with Crippen LogP contribution in [0.15, 0.2) is 18.3 Å². The number of hydrogen-bond donors (Lipinski definition) is 0.